The Hall–Kier alpha value is -2.04. The molecule has 10 heteroatoms. The summed E-state index contributed by atoms with van der Waals surface area (Å²) >= 11 is 2.69. The van der Waals surface area contributed by atoms with Gasteiger partial charge in [0.05, 0.1) is 29.6 Å². The summed E-state index contributed by atoms with van der Waals surface area (Å²) < 4.78 is 5.35. The molecule has 8 nitrogen and oxygen atoms in total. The molecule has 2 amide bonds. The Labute approximate surface area is 172 Å². The Morgan fingerprint density at radius 1 is 1.04 bits per heavy atom. The van der Waals surface area contributed by atoms with E-state index in [0.29, 0.717) is 40.3 Å². The predicted octanol–water partition coefficient (Wildman–Crippen LogP) is 2.33. The molecule has 0 saturated carbocycles. The lowest BCUT2D eigenvalue weighted by molar-refractivity contribution is 0.0850. The molecule has 2 N–H and O–H groups in total. The average molecular weight is 424 g/mol. The van der Waals surface area contributed by atoms with E-state index in [-0.39, 0.29) is 11.8 Å². The van der Waals surface area contributed by atoms with Crippen LogP contribution in [0.5, 0.6) is 0 Å². The second-order valence-electron chi connectivity index (χ2n) is 7.04. The summed E-state index contributed by atoms with van der Waals surface area (Å²) in [5, 5.41) is 1.73. The molecule has 0 spiro atoms. The number of hydrogen-bond acceptors (Lipinski definition) is 8. The first-order valence-corrected chi connectivity index (χ1v) is 10.9. The van der Waals surface area contributed by atoms with Crippen LogP contribution in [0.15, 0.2) is 0 Å². The lowest BCUT2D eigenvalue weighted by Gasteiger charge is -2.25. The monoisotopic (exact) mass is 423 g/mol. The summed E-state index contributed by atoms with van der Waals surface area (Å²) in [6, 6.07) is 0. The molecule has 1 saturated heterocycles. The SMILES string of the molecule is Cc1nc(CC(C)C)sc1C(=O)NNC(=O)c1sc(N2CCOCC2)nc1C. The van der Waals surface area contributed by atoms with Gasteiger partial charge in [-0.2, -0.15) is 0 Å². The topological polar surface area (TPSA) is 96.5 Å². The van der Waals surface area contributed by atoms with E-state index in [9.17, 15) is 9.59 Å². The number of anilines is 1. The molecule has 0 bridgehead atoms. The standard InChI is InChI=1S/C18H25N5O3S2/c1-10(2)9-13-19-11(3)14(27-13)16(24)21-22-17(25)15-12(4)20-18(28-15)23-5-7-26-8-6-23/h10H,5-9H2,1-4H3,(H,21,24)(H,22,25). The van der Waals surface area contributed by atoms with E-state index in [2.05, 4.69) is 39.6 Å². The van der Waals surface area contributed by atoms with Crippen LogP contribution in [-0.4, -0.2) is 48.1 Å². The number of morpholine rings is 1. The number of ether oxygens (including phenoxy) is 1. The Bertz CT molecular complexity index is 856. The molecule has 0 atom stereocenters. The second kappa shape index (κ2) is 8.97. The fourth-order valence-electron chi connectivity index (χ4n) is 2.81. The van der Waals surface area contributed by atoms with Crippen molar-refractivity contribution in [2.24, 2.45) is 5.92 Å². The van der Waals surface area contributed by atoms with Crippen LogP contribution in [0.25, 0.3) is 0 Å². The minimum Gasteiger partial charge on any atom is -0.378 e. The van der Waals surface area contributed by atoms with Crippen molar-refractivity contribution in [1.29, 1.82) is 0 Å². The van der Waals surface area contributed by atoms with Gasteiger partial charge in [0, 0.05) is 19.5 Å². The maximum absolute atomic E-state index is 12.5. The van der Waals surface area contributed by atoms with Gasteiger partial charge >= 0.3 is 0 Å². The first kappa shape index (κ1) is 20.7. The normalized spacial score (nSPS) is 14.4. The molecule has 1 aliphatic rings. The third-order valence-electron chi connectivity index (χ3n) is 4.19. The summed E-state index contributed by atoms with van der Waals surface area (Å²) in [5.74, 6) is -0.252. The fraction of sp³-hybridized carbons (Fsp3) is 0.556. The molecule has 152 valence electrons. The van der Waals surface area contributed by atoms with Gasteiger partial charge in [-0.3, -0.25) is 20.4 Å². The van der Waals surface area contributed by atoms with Gasteiger partial charge < -0.3 is 9.64 Å². The van der Waals surface area contributed by atoms with E-state index in [1.807, 2.05) is 0 Å². The molecule has 2 aromatic rings. The van der Waals surface area contributed by atoms with E-state index in [1.165, 1.54) is 22.7 Å². The molecular weight excluding hydrogens is 398 g/mol. The third-order valence-corrected chi connectivity index (χ3v) is 6.59. The molecule has 2 aromatic heterocycles. The summed E-state index contributed by atoms with van der Waals surface area (Å²) in [7, 11) is 0. The molecule has 0 unspecified atom stereocenters. The fourth-order valence-corrected chi connectivity index (χ4v) is 5.00. The Morgan fingerprint density at radius 2 is 1.61 bits per heavy atom. The van der Waals surface area contributed by atoms with E-state index in [4.69, 9.17) is 4.74 Å². The number of nitrogens with zero attached hydrogens (tertiary/aromatic N) is 3. The molecule has 0 aromatic carbocycles. The van der Waals surface area contributed by atoms with Crippen molar-refractivity contribution >= 4 is 39.6 Å². The second-order valence-corrected chi connectivity index (χ2v) is 9.10. The molecule has 3 rings (SSSR count). The van der Waals surface area contributed by atoms with Crippen LogP contribution in [0.1, 0.15) is 49.6 Å². The molecule has 0 radical (unpaired) electrons. The summed E-state index contributed by atoms with van der Waals surface area (Å²) in [6.45, 7) is 10.6. The van der Waals surface area contributed by atoms with Gasteiger partial charge in [-0.1, -0.05) is 25.2 Å². The third kappa shape index (κ3) is 4.86. The lowest BCUT2D eigenvalue weighted by Crippen LogP contribution is -2.41. The van der Waals surface area contributed by atoms with E-state index in [0.717, 1.165) is 29.6 Å². The van der Waals surface area contributed by atoms with Gasteiger partial charge in [-0.15, -0.1) is 11.3 Å². The van der Waals surface area contributed by atoms with Crippen molar-refractivity contribution in [3.8, 4) is 0 Å². The van der Waals surface area contributed by atoms with Crippen molar-refractivity contribution in [1.82, 2.24) is 20.8 Å². The van der Waals surface area contributed by atoms with Crippen molar-refractivity contribution in [2.45, 2.75) is 34.1 Å². The van der Waals surface area contributed by atoms with E-state index in [1.54, 1.807) is 13.8 Å². The number of nitrogens with one attached hydrogen (secondary N) is 2. The van der Waals surface area contributed by atoms with Gasteiger partial charge in [0.1, 0.15) is 9.75 Å². The van der Waals surface area contributed by atoms with Crippen molar-refractivity contribution in [3.05, 3.63) is 26.1 Å². The van der Waals surface area contributed by atoms with E-state index < -0.39 is 0 Å². The summed E-state index contributed by atoms with van der Waals surface area (Å²) in [4.78, 5) is 37.0. The molecule has 28 heavy (non-hydrogen) atoms. The highest BCUT2D eigenvalue weighted by molar-refractivity contribution is 7.17. The first-order valence-electron chi connectivity index (χ1n) is 9.22. The van der Waals surface area contributed by atoms with Gasteiger partial charge in [-0.25, -0.2) is 9.97 Å². The quantitative estimate of drug-likeness (QED) is 0.717. The molecular formula is C18H25N5O3S2. The van der Waals surface area contributed by atoms with Gasteiger partial charge in [0.25, 0.3) is 11.8 Å². The number of aryl methyl sites for hydroxylation is 2. The largest absolute Gasteiger partial charge is 0.378 e. The maximum atomic E-state index is 12.5. The van der Waals surface area contributed by atoms with Crippen molar-refractivity contribution < 1.29 is 14.3 Å². The zero-order valence-electron chi connectivity index (χ0n) is 16.5. The summed E-state index contributed by atoms with van der Waals surface area (Å²) in [6.07, 6.45) is 0.829. The Kier molecular flexibility index (Phi) is 6.63. The maximum Gasteiger partial charge on any atom is 0.281 e. The van der Waals surface area contributed by atoms with Crippen LogP contribution < -0.4 is 15.8 Å². The highest BCUT2D eigenvalue weighted by Gasteiger charge is 2.22. The lowest BCUT2D eigenvalue weighted by atomic mass is 10.1. The number of carbonyl (C=O) groups excluding carboxylic acids is 2. The number of amides is 2. The number of hydrazine groups is 1. The van der Waals surface area contributed by atoms with Gasteiger partial charge in [-0.05, 0) is 19.8 Å². The minimum absolute atomic E-state index is 0.353. The zero-order valence-corrected chi connectivity index (χ0v) is 18.1. The van der Waals surface area contributed by atoms with Crippen LogP contribution >= 0.6 is 22.7 Å². The number of rotatable bonds is 5. The average Bonchev–Trinajstić information content (AvgIpc) is 3.22. The van der Waals surface area contributed by atoms with Crippen LogP contribution in [0.4, 0.5) is 5.13 Å². The van der Waals surface area contributed by atoms with Crippen LogP contribution in [0, 0.1) is 19.8 Å². The Morgan fingerprint density at radius 3 is 2.21 bits per heavy atom. The smallest absolute Gasteiger partial charge is 0.281 e. The minimum atomic E-state index is -0.368. The van der Waals surface area contributed by atoms with Crippen LogP contribution in [-0.2, 0) is 11.2 Å². The highest BCUT2D eigenvalue weighted by Crippen LogP contribution is 2.26. The van der Waals surface area contributed by atoms with Crippen molar-refractivity contribution in [2.75, 3.05) is 31.2 Å². The first-order chi connectivity index (χ1) is 13.3. The molecule has 1 aliphatic heterocycles. The summed E-state index contributed by atoms with van der Waals surface area (Å²) in [5.41, 5.74) is 6.32. The van der Waals surface area contributed by atoms with Crippen LogP contribution in [0.2, 0.25) is 0 Å². The number of thiazole rings is 2. The Balaban J connectivity index is 1.61. The molecule has 0 aliphatic carbocycles. The number of carbonyl (C=O) groups is 2. The van der Waals surface area contributed by atoms with Gasteiger partial charge in [0.2, 0.25) is 0 Å². The van der Waals surface area contributed by atoms with Crippen LogP contribution in [0.3, 0.4) is 0 Å². The van der Waals surface area contributed by atoms with E-state index >= 15 is 0 Å². The van der Waals surface area contributed by atoms with Gasteiger partial charge in [0.15, 0.2) is 5.13 Å². The molecule has 1 fully saturated rings. The number of hydrogen-bond donors (Lipinski definition) is 2. The zero-order chi connectivity index (χ0) is 20.3. The predicted molar refractivity (Wildman–Crippen MR) is 110 cm³/mol. The number of aromatic nitrogens is 2. The highest BCUT2D eigenvalue weighted by atomic mass is 32.1. The molecule has 3 heterocycles. The van der Waals surface area contributed by atoms with Crippen molar-refractivity contribution in [3.63, 3.8) is 0 Å².